The summed E-state index contributed by atoms with van der Waals surface area (Å²) in [5, 5.41) is 3.95. The topological polar surface area (TPSA) is 86.4 Å². The molecular formula is C22H21N3O4S2. The third-order valence-corrected chi connectivity index (χ3v) is 6.91. The molecule has 4 rings (SSSR count). The third-order valence-electron chi connectivity index (χ3n) is 4.83. The molecule has 160 valence electrons. The van der Waals surface area contributed by atoms with Gasteiger partial charge in [-0.2, -0.15) is 0 Å². The number of carbonyl (C=O) groups excluding carboxylic acids is 1. The summed E-state index contributed by atoms with van der Waals surface area (Å²) < 4.78 is 12.2. The molecule has 0 atom stereocenters. The second-order valence-corrected chi connectivity index (χ2v) is 9.04. The maximum absolute atomic E-state index is 13.3. The summed E-state index contributed by atoms with van der Waals surface area (Å²) in [7, 11) is 1.57. The van der Waals surface area contributed by atoms with E-state index in [0.29, 0.717) is 32.6 Å². The van der Waals surface area contributed by atoms with Gasteiger partial charge in [0.25, 0.3) is 5.56 Å². The number of aromatic nitrogens is 2. The number of nitrogens with one attached hydrogen (secondary N) is 1. The van der Waals surface area contributed by atoms with Crippen LogP contribution in [0.3, 0.4) is 0 Å². The van der Waals surface area contributed by atoms with Gasteiger partial charge >= 0.3 is 0 Å². The Kier molecular flexibility index (Phi) is 6.15. The first kappa shape index (κ1) is 21.2. The van der Waals surface area contributed by atoms with Crippen molar-refractivity contribution in [1.82, 2.24) is 9.55 Å². The van der Waals surface area contributed by atoms with Gasteiger partial charge < -0.3 is 14.5 Å². The van der Waals surface area contributed by atoms with E-state index in [-0.39, 0.29) is 23.8 Å². The number of amides is 1. The molecule has 1 aromatic carbocycles. The van der Waals surface area contributed by atoms with E-state index in [9.17, 15) is 9.59 Å². The molecule has 0 aliphatic rings. The highest BCUT2D eigenvalue weighted by molar-refractivity contribution is 7.99. The molecule has 0 bridgehead atoms. The largest absolute Gasteiger partial charge is 0.497 e. The molecule has 0 unspecified atom stereocenters. The van der Waals surface area contributed by atoms with Crippen LogP contribution in [-0.2, 0) is 11.3 Å². The number of ether oxygens (including phenoxy) is 1. The van der Waals surface area contributed by atoms with Crippen molar-refractivity contribution in [2.75, 3.05) is 18.2 Å². The molecule has 0 radical (unpaired) electrons. The standard InChI is InChI=1S/C22H21N3O4S2/c1-13-14(2)31-20-19(13)21(27)25(11-17-8-5-9-29-17)22(24-20)30-12-18(26)23-15-6-4-7-16(10-15)28-3/h4-10H,11-12H2,1-3H3,(H,23,26). The summed E-state index contributed by atoms with van der Waals surface area (Å²) in [6, 6.07) is 10.7. The molecular weight excluding hydrogens is 434 g/mol. The summed E-state index contributed by atoms with van der Waals surface area (Å²) in [5.41, 5.74) is 1.46. The average molecular weight is 456 g/mol. The minimum Gasteiger partial charge on any atom is -0.497 e. The monoisotopic (exact) mass is 455 g/mol. The molecule has 4 aromatic rings. The van der Waals surface area contributed by atoms with Crippen LogP contribution in [0.25, 0.3) is 10.2 Å². The van der Waals surface area contributed by atoms with Crippen molar-refractivity contribution in [3.63, 3.8) is 0 Å². The lowest BCUT2D eigenvalue weighted by molar-refractivity contribution is -0.113. The number of benzene rings is 1. The minimum absolute atomic E-state index is 0.108. The molecule has 0 aliphatic carbocycles. The van der Waals surface area contributed by atoms with Crippen LogP contribution in [0.2, 0.25) is 0 Å². The van der Waals surface area contributed by atoms with Crippen LogP contribution >= 0.6 is 23.1 Å². The first-order valence-electron chi connectivity index (χ1n) is 9.56. The van der Waals surface area contributed by atoms with Gasteiger partial charge in [0.1, 0.15) is 16.3 Å². The molecule has 0 fully saturated rings. The van der Waals surface area contributed by atoms with Crippen LogP contribution in [0, 0.1) is 13.8 Å². The molecule has 0 spiro atoms. The number of thiophene rings is 1. The smallest absolute Gasteiger partial charge is 0.263 e. The zero-order valence-corrected chi connectivity index (χ0v) is 18.9. The normalized spacial score (nSPS) is 11.1. The van der Waals surface area contributed by atoms with Gasteiger partial charge in [-0.15, -0.1) is 11.3 Å². The number of hydrogen-bond acceptors (Lipinski definition) is 7. The zero-order valence-electron chi connectivity index (χ0n) is 17.3. The van der Waals surface area contributed by atoms with Crippen molar-refractivity contribution in [2.45, 2.75) is 25.5 Å². The van der Waals surface area contributed by atoms with E-state index < -0.39 is 0 Å². The van der Waals surface area contributed by atoms with Crippen molar-refractivity contribution in [1.29, 1.82) is 0 Å². The maximum Gasteiger partial charge on any atom is 0.263 e. The summed E-state index contributed by atoms with van der Waals surface area (Å²) >= 11 is 2.71. The Labute approximate surface area is 187 Å². The quantitative estimate of drug-likeness (QED) is 0.327. The van der Waals surface area contributed by atoms with E-state index in [0.717, 1.165) is 10.4 Å². The van der Waals surface area contributed by atoms with E-state index in [1.165, 1.54) is 23.1 Å². The number of methoxy groups -OCH3 is 1. The molecule has 1 amide bonds. The van der Waals surface area contributed by atoms with Crippen molar-refractivity contribution < 1.29 is 13.9 Å². The highest BCUT2D eigenvalue weighted by atomic mass is 32.2. The number of carbonyl (C=O) groups is 1. The average Bonchev–Trinajstić information content (AvgIpc) is 3.37. The highest BCUT2D eigenvalue weighted by Gasteiger charge is 2.18. The molecule has 3 aromatic heterocycles. The minimum atomic E-state index is -0.198. The Morgan fingerprint density at radius 3 is 2.87 bits per heavy atom. The van der Waals surface area contributed by atoms with Gasteiger partial charge in [0.2, 0.25) is 5.91 Å². The van der Waals surface area contributed by atoms with Crippen molar-refractivity contribution in [3.8, 4) is 5.75 Å². The van der Waals surface area contributed by atoms with E-state index in [1.54, 1.807) is 42.2 Å². The molecule has 9 heteroatoms. The van der Waals surface area contributed by atoms with Gasteiger partial charge in [-0.3, -0.25) is 14.2 Å². The fourth-order valence-corrected chi connectivity index (χ4v) is 5.01. The summed E-state index contributed by atoms with van der Waals surface area (Å²) in [6.07, 6.45) is 1.57. The van der Waals surface area contributed by atoms with Crippen molar-refractivity contribution >= 4 is 44.9 Å². The van der Waals surface area contributed by atoms with E-state index in [4.69, 9.17) is 14.1 Å². The van der Waals surface area contributed by atoms with Gasteiger partial charge in [-0.1, -0.05) is 17.8 Å². The van der Waals surface area contributed by atoms with Crippen LogP contribution in [0.1, 0.15) is 16.2 Å². The lowest BCUT2D eigenvalue weighted by Gasteiger charge is -2.11. The number of rotatable bonds is 7. The van der Waals surface area contributed by atoms with Crippen LogP contribution in [0.5, 0.6) is 5.75 Å². The Hall–Kier alpha value is -3.04. The number of aryl methyl sites for hydroxylation is 2. The Bertz CT molecular complexity index is 1290. The predicted octanol–water partition coefficient (Wildman–Crippen LogP) is 4.46. The number of hydrogen-bond donors (Lipinski definition) is 1. The van der Waals surface area contributed by atoms with Crippen LogP contribution in [0.4, 0.5) is 5.69 Å². The zero-order chi connectivity index (χ0) is 22.0. The fraction of sp³-hybridized carbons (Fsp3) is 0.227. The Balaban J connectivity index is 1.61. The van der Waals surface area contributed by atoms with E-state index in [1.807, 2.05) is 26.0 Å². The molecule has 7 nitrogen and oxygen atoms in total. The fourth-order valence-electron chi connectivity index (χ4n) is 3.14. The SMILES string of the molecule is COc1cccc(NC(=O)CSc2nc3sc(C)c(C)c3c(=O)n2Cc2ccco2)c1. The molecule has 1 N–H and O–H groups in total. The Morgan fingerprint density at radius 2 is 2.13 bits per heavy atom. The highest BCUT2D eigenvalue weighted by Crippen LogP contribution is 2.29. The maximum atomic E-state index is 13.3. The van der Waals surface area contributed by atoms with Crippen LogP contribution in [0.15, 0.2) is 57.0 Å². The summed E-state index contributed by atoms with van der Waals surface area (Å²) in [4.78, 5) is 32.2. The first-order valence-corrected chi connectivity index (χ1v) is 11.4. The summed E-state index contributed by atoms with van der Waals surface area (Å²) in [6.45, 7) is 4.16. The number of fused-ring (bicyclic) bond motifs is 1. The first-order chi connectivity index (χ1) is 15.0. The number of anilines is 1. The van der Waals surface area contributed by atoms with Gasteiger partial charge in [0.15, 0.2) is 5.16 Å². The van der Waals surface area contributed by atoms with Crippen molar-refractivity contribution in [2.24, 2.45) is 0 Å². The van der Waals surface area contributed by atoms with Gasteiger partial charge in [-0.05, 0) is 43.7 Å². The van der Waals surface area contributed by atoms with E-state index >= 15 is 0 Å². The van der Waals surface area contributed by atoms with E-state index in [2.05, 4.69) is 5.32 Å². The number of furan rings is 1. The molecule has 0 aliphatic heterocycles. The number of nitrogens with zero attached hydrogens (tertiary/aromatic N) is 2. The van der Waals surface area contributed by atoms with Gasteiger partial charge in [0, 0.05) is 16.6 Å². The third kappa shape index (κ3) is 4.52. The van der Waals surface area contributed by atoms with Crippen LogP contribution < -0.4 is 15.6 Å². The van der Waals surface area contributed by atoms with Crippen molar-refractivity contribution in [3.05, 3.63) is 69.2 Å². The van der Waals surface area contributed by atoms with Gasteiger partial charge in [-0.25, -0.2) is 4.98 Å². The molecule has 31 heavy (non-hydrogen) atoms. The van der Waals surface area contributed by atoms with Gasteiger partial charge in [0.05, 0.1) is 31.1 Å². The lowest BCUT2D eigenvalue weighted by Crippen LogP contribution is -2.24. The predicted molar refractivity (Wildman–Crippen MR) is 124 cm³/mol. The summed E-state index contributed by atoms with van der Waals surface area (Å²) in [5.74, 6) is 1.22. The molecule has 3 heterocycles. The lowest BCUT2D eigenvalue weighted by atomic mass is 10.2. The Morgan fingerprint density at radius 1 is 1.29 bits per heavy atom. The molecule has 0 saturated carbocycles. The van der Waals surface area contributed by atoms with Crippen LogP contribution in [-0.4, -0.2) is 28.3 Å². The second-order valence-electron chi connectivity index (χ2n) is 6.90. The second kappa shape index (κ2) is 8.99. The number of thioether (sulfide) groups is 1. The molecule has 0 saturated heterocycles.